The lowest BCUT2D eigenvalue weighted by Gasteiger charge is -2.16. The van der Waals surface area contributed by atoms with E-state index in [1.54, 1.807) is 4.90 Å². The van der Waals surface area contributed by atoms with Crippen LogP contribution in [0.2, 0.25) is 0 Å². The fourth-order valence-corrected chi connectivity index (χ4v) is 2.08. The van der Waals surface area contributed by atoms with Crippen LogP contribution in [-0.4, -0.2) is 41.3 Å². The zero-order valence-corrected chi connectivity index (χ0v) is 9.91. The molecular weight excluding hydrogens is 234 g/mol. The highest BCUT2D eigenvalue weighted by atomic mass is 16.7. The van der Waals surface area contributed by atoms with E-state index in [4.69, 9.17) is 5.11 Å². The van der Waals surface area contributed by atoms with Crippen LogP contribution in [-0.2, 0) is 16.0 Å². The van der Waals surface area contributed by atoms with Crippen molar-refractivity contribution in [1.82, 2.24) is 4.90 Å². The molecule has 1 aromatic carbocycles. The van der Waals surface area contributed by atoms with Gasteiger partial charge < -0.3 is 14.7 Å². The van der Waals surface area contributed by atoms with Gasteiger partial charge in [-0.3, -0.25) is 4.79 Å². The number of carboxylic acid groups (broad SMARTS) is 1. The zero-order chi connectivity index (χ0) is 13.0. The van der Waals surface area contributed by atoms with Gasteiger partial charge in [-0.15, -0.1) is 0 Å². The second kappa shape index (κ2) is 5.53. The van der Waals surface area contributed by atoms with Gasteiger partial charge in [0, 0.05) is 6.54 Å². The number of nitrogens with zero attached hydrogens (tertiary/aromatic N) is 1. The van der Waals surface area contributed by atoms with E-state index in [0.717, 1.165) is 12.0 Å². The number of amides is 1. The van der Waals surface area contributed by atoms with Gasteiger partial charge in [0.1, 0.15) is 6.10 Å². The summed E-state index contributed by atoms with van der Waals surface area (Å²) in [7, 11) is 0. The molecule has 5 heteroatoms. The Morgan fingerprint density at radius 2 is 2.11 bits per heavy atom. The van der Waals surface area contributed by atoms with Crippen LogP contribution in [0.1, 0.15) is 12.0 Å². The molecule has 1 atom stereocenters. The smallest absolute Gasteiger partial charge is 0.450 e. The van der Waals surface area contributed by atoms with Crippen LogP contribution < -0.4 is 0 Å². The van der Waals surface area contributed by atoms with Crippen molar-refractivity contribution < 1.29 is 19.4 Å². The molecule has 0 spiro atoms. The van der Waals surface area contributed by atoms with Crippen molar-refractivity contribution >= 4 is 12.1 Å². The average Bonchev–Trinajstić information content (AvgIpc) is 2.67. The maximum atomic E-state index is 11.6. The molecule has 2 rings (SSSR count). The summed E-state index contributed by atoms with van der Waals surface area (Å²) < 4.78 is 4.62. The van der Waals surface area contributed by atoms with E-state index in [0.29, 0.717) is 13.1 Å². The molecule has 18 heavy (non-hydrogen) atoms. The molecule has 1 fully saturated rings. The van der Waals surface area contributed by atoms with Gasteiger partial charge in [-0.1, -0.05) is 30.3 Å². The van der Waals surface area contributed by atoms with E-state index >= 15 is 0 Å². The second-order valence-electron chi connectivity index (χ2n) is 4.29. The molecule has 0 bridgehead atoms. The minimum atomic E-state index is -1.32. The number of benzene rings is 1. The number of hydrogen-bond acceptors (Lipinski definition) is 3. The number of likely N-dealkylation sites (tertiary alicyclic amines) is 1. The molecule has 0 radical (unpaired) electrons. The van der Waals surface area contributed by atoms with Crippen LogP contribution in [0.3, 0.4) is 0 Å². The van der Waals surface area contributed by atoms with Crippen LogP contribution >= 0.6 is 0 Å². The normalized spacial score (nSPS) is 19.0. The first-order chi connectivity index (χ1) is 8.65. The van der Waals surface area contributed by atoms with Crippen molar-refractivity contribution in [3.8, 4) is 0 Å². The third-order valence-corrected chi connectivity index (χ3v) is 2.96. The Morgan fingerprint density at radius 1 is 1.39 bits per heavy atom. The summed E-state index contributed by atoms with van der Waals surface area (Å²) in [5.74, 6) is -0.0443. The maximum absolute atomic E-state index is 11.6. The molecule has 1 unspecified atom stereocenters. The Balaban J connectivity index is 1.83. The molecule has 0 aromatic heterocycles. The third kappa shape index (κ3) is 3.23. The summed E-state index contributed by atoms with van der Waals surface area (Å²) in [5.41, 5.74) is 1.16. The quantitative estimate of drug-likeness (QED) is 0.822. The summed E-state index contributed by atoms with van der Waals surface area (Å²) in [6, 6.07) is 9.87. The van der Waals surface area contributed by atoms with Crippen LogP contribution in [0.5, 0.6) is 0 Å². The van der Waals surface area contributed by atoms with E-state index in [2.05, 4.69) is 4.74 Å². The van der Waals surface area contributed by atoms with E-state index in [1.807, 2.05) is 30.3 Å². The number of carbonyl (C=O) groups excluding carboxylic acids is 1. The largest absolute Gasteiger partial charge is 0.506 e. The van der Waals surface area contributed by atoms with E-state index in [9.17, 15) is 9.59 Å². The fraction of sp³-hybridized carbons (Fsp3) is 0.385. The van der Waals surface area contributed by atoms with Crippen LogP contribution in [0, 0.1) is 0 Å². The molecule has 0 saturated carbocycles. The van der Waals surface area contributed by atoms with Crippen LogP contribution in [0.15, 0.2) is 30.3 Å². The van der Waals surface area contributed by atoms with Crippen molar-refractivity contribution in [1.29, 1.82) is 0 Å². The highest BCUT2D eigenvalue weighted by Crippen LogP contribution is 2.15. The molecule has 96 valence electrons. The molecule has 1 aliphatic heterocycles. The van der Waals surface area contributed by atoms with Gasteiger partial charge in [0.25, 0.3) is 0 Å². The SMILES string of the molecule is O=C(O)OC1CC(=O)N(CCc2ccccc2)C1. The lowest BCUT2D eigenvalue weighted by atomic mass is 10.1. The fourth-order valence-electron chi connectivity index (χ4n) is 2.08. The minimum absolute atomic E-state index is 0.0443. The first-order valence-electron chi connectivity index (χ1n) is 5.86. The number of hydrogen-bond donors (Lipinski definition) is 1. The van der Waals surface area contributed by atoms with Gasteiger partial charge in [-0.25, -0.2) is 4.79 Å². The van der Waals surface area contributed by atoms with E-state index in [1.165, 1.54) is 0 Å². The molecule has 1 amide bonds. The maximum Gasteiger partial charge on any atom is 0.506 e. The Bertz CT molecular complexity index is 432. The first-order valence-corrected chi connectivity index (χ1v) is 5.86. The van der Waals surface area contributed by atoms with Gasteiger partial charge in [0.05, 0.1) is 13.0 Å². The minimum Gasteiger partial charge on any atom is -0.450 e. The van der Waals surface area contributed by atoms with Crippen molar-refractivity contribution in [2.24, 2.45) is 0 Å². The first kappa shape index (κ1) is 12.4. The molecular formula is C13H15NO4. The monoisotopic (exact) mass is 249 g/mol. The van der Waals surface area contributed by atoms with Crippen LogP contribution in [0.4, 0.5) is 4.79 Å². The topological polar surface area (TPSA) is 66.8 Å². The van der Waals surface area contributed by atoms with Gasteiger partial charge in [0.15, 0.2) is 0 Å². The summed E-state index contributed by atoms with van der Waals surface area (Å²) in [6.45, 7) is 0.959. The van der Waals surface area contributed by atoms with Crippen molar-refractivity contribution in [3.05, 3.63) is 35.9 Å². The predicted octanol–water partition coefficient (Wildman–Crippen LogP) is 1.52. The highest BCUT2D eigenvalue weighted by Gasteiger charge is 2.31. The van der Waals surface area contributed by atoms with Gasteiger partial charge in [-0.2, -0.15) is 0 Å². The highest BCUT2D eigenvalue weighted by molar-refractivity contribution is 5.79. The third-order valence-electron chi connectivity index (χ3n) is 2.96. The Hall–Kier alpha value is -2.04. The van der Waals surface area contributed by atoms with Gasteiger partial charge >= 0.3 is 6.16 Å². The lowest BCUT2D eigenvalue weighted by Crippen LogP contribution is -2.29. The second-order valence-corrected chi connectivity index (χ2v) is 4.29. The zero-order valence-electron chi connectivity index (χ0n) is 9.91. The number of rotatable bonds is 4. The Kier molecular flexibility index (Phi) is 3.82. The van der Waals surface area contributed by atoms with Crippen molar-refractivity contribution in [2.45, 2.75) is 18.9 Å². The van der Waals surface area contributed by atoms with Crippen molar-refractivity contribution in [3.63, 3.8) is 0 Å². The number of carbonyl (C=O) groups is 2. The molecule has 1 saturated heterocycles. The summed E-state index contributed by atoms with van der Waals surface area (Å²) in [5, 5.41) is 8.50. The van der Waals surface area contributed by atoms with Crippen LogP contribution in [0.25, 0.3) is 0 Å². The van der Waals surface area contributed by atoms with Gasteiger partial charge in [0.2, 0.25) is 5.91 Å². The lowest BCUT2D eigenvalue weighted by molar-refractivity contribution is -0.127. The molecule has 0 aliphatic carbocycles. The van der Waals surface area contributed by atoms with Crippen molar-refractivity contribution in [2.75, 3.05) is 13.1 Å². The number of ether oxygens (including phenoxy) is 1. The Labute approximate surface area is 105 Å². The summed E-state index contributed by atoms with van der Waals surface area (Å²) in [4.78, 5) is 23.7. The predicted molar refractivity (Wildman–Crippen MR) is 64.2 cm³/mol. The molecule has 1 N–H and O–H groups in total. The summed E-state index contributed by atoms with van der Waals surface area (Å²) in [6.07, 6.45) is -0.920. The van der Waals surface area contributed by atoms with Gasteiger partial charge in [-0.05, 0) is 12.0 Å². The standard InChI is InChI=1S/C13H15NO4/c15-12-8-11(18-13(16)17)9-14(12)7-6-10-4-2-1-3-5-10/h1-5,11H,6-9H2,(H,16,17). The molecule has 1 aliphatic rings. The molecule has 5 nitrogen and oxygen atoms in total. The molecule has 1 aromatic rings. The summed E-state index contributed by atoms with van der Waals surface area (Å²) >= 11 is 0. The van der Waals surface area contributed by atoms with E-state index < -0.39 is 12.3 Å². The molecule has 1 heterocycles. The van der Waals surface area contributed by atoms with E-state index in [-0.39, 0.29) is 12.3 Å². The Morgan fingerprint density at radius 3 is 2.78 bits per heavy atom. The average molecular weight is 249 g/mol.